The quantitative estimate of drug-likeness (QED) is 0.180. The monoisotopic (exact) mass is 725 g/mol. The highest BCUT2D eigenvalue weighted by molar-refractivity contribution is 7.26. The molecule has 4 heteroatoms. The number of nitrogens with zero attached hydrogens (tertiary/aromatic N) is 1. The number of hydrogen-bond donors (Lipinski definition) is 0. The summed E-state index contributed by atoms with van der Waals surface area (Å²) >= 11 is 3.71. The molecule has 2 nitrogen and oxygen atoms in total. The second kappa shape index (κ2) is 11.2. The summed E-state index contributed by atoms with van der Waals surface area (Å²) < 4.78 is 12.0. The van der Waals surface area contributed by atoms with Crippen LogP contribution in [0, 0.1) is 0 Å². The maximum Gasteiger partial charge on any atom is 0.137 e. The summed E-state index contributed by atoms with van der Waals surface area (Å²) in [7, 11) is 0. The molecule has 254 valence electrons. The first kappa shape index (κ1) is 30.3. The van der Waals surface area contributed by atoms with Crippen molar-refractivity contribution >= 4 is 102 Å². The molecule has 0 aliphatic heterocycles. The molecule has 0 atom stereocenters. The van der Waals surface area contributed by atoms with Gasteiger partial charge in [0, 0.05) is 62.5 Å². The average Bonchev–Trinajstić information content (AvgIpc) is 3.96. The van der Waals surface area contributed by atoms with Crippen molar-refractivity contribution in [2.24, 2.45) is 0 Å². The molecule has 8 aromatic carbocycles. The van der Waals surface area contributed by atoms with Crippen molar-refractivity contribution in [3.63, 3.8) is 0 Å². The number of fused-ring (bicyclic) bond motifs is 12. The smallest absolute Gasteiger partial charge is 0.137 e. The van der Waals surface area contributed by atoms with E-state index in [2.05, 4.69) is 182 Å². The maximum atomic E-state index is 6.84. The highest BCUT2D eigenvalue weighted by atomic mass is 32.1. The molecule has 1 aliphatic carbocycles. The van der Waals surface area contributed by atoms with Crippen LogP contribution in [-0.4, -0.2) is 0 Å². The summed E-state index contributed by atoms with van der Waals surface area (Å²) in [6, 6.07) is 62.5. The number of thiophene rings is 2. The molecule has 3 heterocycles. The molecule has 0 radical (unpaired) electrons. The van der Waals surface area contributed by atoms with E-state index in [1.54, 1.807) is 0 Å². The van der Waals surface area contributed by atoms with Crippen molar-refractivity contribution < 1.29 is 4.42 Å². The Morgan fingerprint density at radius 2 is 1.04 bits per heavy atom. The normalized spacial score (nSPS) is 13.4. The van der Waals surface area contributed by atoms with Gasteiger partial charge in [0.15, 0.2) is 0 Å². The van der Waals surface area contributed by atoms with Crippen LogP contribution >= 0.6 is 22.7 Å². The standard InChI is InChI=1S/C50H31NOS2/c1-50(40-15-6-2-11-33(40)34-12-3-7-16-41(34)50)30-21-24-38-44(27-30)52-43-18-10-17-42(49(38)43)51(31-23-26-47-39(28-31)36-14-5-9-20-46(36)53-47)32-22-25-37-35-13-4-8-19-45(35)54-48(37)29-32/h2-29H,1H3. The molecule has 54 heavy (non-hydrogen) atoms. The number of anilines is 3. The van der Waals surface area contributed by atoms with Crippen molar-refractivity contribution in [2.45, 2.75) is 12.3 Å². The third kappa shape index (κ3) is 4.15. The van der Waals surface area contributed by atoms with E-state index < -0.39 is 0 Å². The van der Waals surface area contributed by atoms with Crippen LogP contribution in [0.5, 0.6) is 0 Å². The summed E-state index contributed by atoms with van der Waals surface area (Å²) in [4.78, 5) is 2.44. The summed E-state index contributed by atoms with van der Waals surface area (Å²) in [6.07, 6.45) is 0. The highest BCUT2D eigenvalue weighted by Gasteiger charge is 2.40. The summed E-state index contributed by atoms with van der Waals surface area (Å²) in [5.74, 6) is 0. The highest BCUT2D eigenvalue weighted by Crippen LogP contribution is 2.53. The lowest BCUT2D eigenvalue weighted by Gasteiger charge is -2.28. The molecule has 0 unspecified atom stereocenters. The van der Waals surface area contributed by atoms with Crippen LogP contribution in [0.3, 0.4) is 0 Å². The van der Waals surface area contributed by atoms with Crippen molar-refractivity contribution in [2.75, 3.05) is 4.90 Å². The van der Waals surface area contributed by atoms with E-state index in [9.17, 15) is 0 Å². The molecule has 0 amide bonds. The minimum atomic E-state index is -0.298. The predicted octanol–water partition coefficient (Wildman–Crippen LogP) is 15.1. The molecule has 3 aromatic heterocycles. The summed E-state index contributed by atoms with van der Waals surface area (Å²) in [6.45, 7) is 2.36. The van der Waals surface area contributed by atoms with Gasteiger partial charge in [-0.25, -0.2) is 0 Å². The Kier molecular flexibility index (Phi) is 6.26. The maximum absolute atomic E-state index is 6.84. The third-order valence-corrected chi connectivity index (χ3v) is 14.0. The first-order chi connectivity index (χ1) is 26.6. The van der Waals surface area contributed by atoms with Gasteiger partial charge in [-0.1, -0.05) is 109 Å². The van der Waals surface area contributed by atoms with Gasteiger partial charge in [0.25, 0.3) is 0 Å². The van der Waals surface area contributed by atoms with Crippen LogP contribution in [-0.2, 0) is 5.41 Å². The zero-order chi connectivity index (χ0) is 35.5. The second-order valence-corrected chi connectivity index (χ2v) is 16.7. The molecule has 0 saturated carbocycles. The van der Waals surface area contributed by atoms with Gasteiger partial charge in [-0.3, -0.25) is 0 Å². The van der Waals surface area contributed by atoms with E-state index in [0.717, 1.165) is 39.0 Å². The van der Waals surface area contributed by atoms with Gasteiger partial charge < -0.3 is 9.32 Å². The second-order valence-electron chi connectivity index (χ2n) is 14.6. The Labute approximate surface area is 319 Å². The van der Waals surface area contributed by atoms with E-state index in [4.69, 9.17) is 4.42 Å². The lowest BCUT2D eigenvalue weighted by atomic mass is 9.74. The number of benzene rings is 8. The number of furan rings is 1. The van der Waals surface area contributed by atoms with Crippen LogP contribution in [0.15, 0.2) is 174 Å². The zero-order valence-corrected chi connectivity index (χ0v) is 31.0. The van der Waals surface area contributed by atoms with Gasteiger partial charge in [-0.2, -0.15) is 0 Å². The Morgan fingerprint density at radius 3 is 1.81 bits per heavy atom. The number of rotatable bonds is 4. The van der Waals surface area contributed by atoms with Gasteiger partial charge in [0.1, 0.15) is 11.2 Å². The van der Waals surface area contributed by atoms with E-state index >= 15 is 0 Å². The molecule has 0 N–H and O–H groups in total. The van der Waals surface area contributed by atoms with Crippen LogP contribution in [0.2, 0.25) is 0 Å². The van der Waals surface area contributed by atoms with Crippen LogP contribution in [0.1, 0.15) is 23.6 Å². The molecule has 1 aliphatic rings. The van der Waals surface area contributed by atoms with E-state index in [-0.39, 0.29) is 5.41 Å². The van der Waals surface area contributed by atoms with E-state index in [1.807, 2.05) is 22.7 Å². The molecule has 12 rings (SSSR count). The fourth-order valence-electron chi connectivity index (χ4n) is 9.20. The van der Waals surface area contributed by atoms with Crippen LogP contribution < -0.4 is 4.90 Å². The van der Waals surface area contributed by atoms with Crippen molar-refractivity contribution in [3.8, 4) is 11.1 Å². The Bertz CT molecular complexity index is 3280. The van der Waals surface area contributed by atoms with Gasteiger partial charge in [-0.15, -0.1) is 22.7 Å². The Morgan fingerprint density at radius 1 is 0.444 bits per heavy atom. The zero-order valence-electron chi connectivity index (χ0n) is 29.3. The first-order valence-corrected chi connectivity index (χ1v) is 20.0. The van der Waals surface area contributed by atoms with Crippen molar-refractivity contribution in [3.05, 3.63) is 187 Å². The van der Waals surface area contributed by atoms with E-state index in [1.165, 1.54) is 68.2 Å². The minimum absolute atomic E-state index is 0.298. The fourth-order valence-corrected chi connectivity index (χ4v) is 11.4. The Hall–Kier alpha value is -6.20. The lowest BCUT2D eigenvalue weighted by Crippen LogP contribution is -2.22. The van der Waals surface area contributed by atoms with Crippen molar-refractivity contribution in [1.82, 2.24) is 0 Å². The van der Waals surface area contributed by atoms with Gasteiger partial charge in [-0.05, 0) is 95.4 Å². The average molecular weight is 726 g/mol. The SMILES string of the molecule is CC1(c2ccc3c(c2)oc2cccc(N(c4ccc5c(c4)sc4ccccc45)c4ccc5sc6ccccc6c5c4)c23)c2ccccc2-c2ccccc21. The van der Waals surface area contributed by atoms with Crippen molar-refractivity contribution in [1.29, 1.82) is 0 Å². The lowest BCUT2D eigenvalue weighted by molar-refractivity contribution is 0.662. The molecular formula is C50H31NOS2. The molecule has 0 fully saturated rings. The Balaban J connectivity index is 1.09. The summed E-state index contributed by atoms with van der Waals surface area (Å²) in [5.41, 5.74) is 11.3. The number of hydrogen-bond acceptors (Lipinski definition) is 4. The minimum Gasteiger partial charge on any atom is -0.456 e. The molecule has 0 bridgehead atoms. The topological polar surface area (TPSA) is 16.4 Å². The van der Waals surface area contributed by atoms with E-state index in [0.29, 0.717) is 0 Å². The third-order valence-electron chi connectivity index (χ3n) is 11.8. The molecule has 0 saturated heterocycles. The first-order valence-electron chi connectivity index (χ1n) is 18.4. The van der Waals surface area contributed by atoms with Gasteiger partial charge >= 0.3 is 0 Å². The van der Waals surface area contributed by atoms with Gasteiger partial charge in [0.2, 0.25) is 0 Å². The molecular weight excluding hydrogens is 695 g/mol. The molecule has 11 aromatic rings. The van der Waals surface area contributed by atoms with Gasteiger partial charge in [0.05, 0.1) is 11.1 Å². The predicted molar refractivity (Wildman–Crippen MR) is 232 cm³/mol. The fraction of sp³-hybridized carbons (Fsp3) is 0.0400. The van der Waals surface area contributed by atoms with Crippen LogP contribution in [0.25, 0.3) is 73.4 Å². The van der Waals surface area contributed by atoms with Crippen LogP contribution in [0.4, 0.5) is 17.1 Å². The summed E-state index contributed by atoms with van der Waals surface area (Å²) in [5, 5.41) is 7.40. The largest absolute Gasteiger partial charge is 0.456 e. The molecule has 0 spiro atoms.